The van der Waals surface area contributed by atoms with Crippen LogP contribution in [0.25, 0.3) is 10.8 Å². The van der Waals surface area contributed by atoms with Crippen LogP contribution in [0.5, 0.6) is 11.8 Å². The Hall–Kier alpha value is -3.54. The number of hydrogen-bond donors (Lipinski definition) is 1. The van der Waals surface area contributed by atoms with Crippen molar-refractivity contribution in [3.63, 3.8) is 0 Å². The van der Waals surface area contributed by atoms with Crippen LogP contribution < -0.4 is 14.5 Å². The molecule has 0 atom stereocenters. The molecular weight excluding hydrogens is 552 g/mol. The lowest BCUT2D eigenvalue weighted by molar-refractivity contribution is -0.126. The first kappa shape index (κ1) is 28.6. The molecule has 0 aliphatic carbocycles. The minimum atomic E-state index is -0.679. The number of aromatic hydroxyl groups is 1. The Morgan fingerprint density at radius 1 is 1.05 bits per heavy atom. The Kier molecular flexibility index (Phi) is 8.68. The summed E-state index contributed by atoms with van der Waals surface area (Å²) in [5, 5.41) is 12.6. The van der Waals surface area contributed by atoms with Crippen LogP contribution in [-0.4, -0.2) is 106 Å². The zero-order valence-electron chi connectivity index (χ0n) is 23.9. The molecule has 3 aliphatic heterocycles. The van der Waals surface area contributed by atoms with Crippen molar-refractivity contribution < 1.29 is 19.2 Å². The van der Waals surface area contributed by atoms with E-state index in [-0.39, 0.29) is 11.7 Å². The van der Waals surface area contributed by atoms with E-state index in [0.717, 1.165) is 84.1 Å². The number of fused-ring (bicyclic) bond motifs is 2. The fraction of sp³-hybridized carbons (Fsp3) is 0.452. The molecule has 4 heterocycles. The first-order valence-corrected chi connectivity index (χ1v) is 16.2. The van der Waals surface area contributed by atoms with Crippen LogP contribution in [0.1, 0.15) is 17.7 Å². The molecule has 42 heavy (non-hydrogen) atoms. The summed E-state index contributed by atoms with van der Waals surface area (Å²) in [6.45, 7) is 10.7. The van der Waals surface area contributed by atoms with E-state index < -0.39 is 11.2 Å². The summed E-state index contributed by atoms with van der Waals surface area (Å²) in [6, 6.07) is 12.1. The molecule has 1 aromatic heterocycles. The van der Waals surface area contributed by atoms with Gasteiger partial charge < -0.3 is 29.1 Å². The molecule has 3 aliphatic rings. The number of hydrogen-bond acceptors (Lipinski definition) is 9. The lowest BCUT2D eigenvalue weighted by Crippen LogP contribution is -2.49. The Labute approximate surface area is 249 Å². The van der Waals surface area contributed by atoms with Crippen molar-refractivity contribution in [3.05, 3.63) is 60.3 Å². The maximum atomic E-state index is 12.2. The fourth-order valence-corrected chi connectivity index (χ4v) is 7.20. The summed E-state index contributed by atoms with van der Waals surface area (Å²) in [5.41, 5.74) is 3.03. The zero-order valence-corrected chi connectivity index (χ0v) is 24.7. The summed E-state index contributed by atoms with van der Waals surface area (Å²) >= 11 is -0.679. The number of aromatic nitrogens is 2. The first-order valence-electron chi connectivity index (χ1n) is 14.7. The molecule has 2 aromatic carbocycles. The van der Waals surface area contributed by atoms with Crippen molar-refractivity contribution in [1.29, 1.82) is 0 Å². The van der Waals surface area contributed by atoms with E-state index in [2.05, 4.69) is 27.3 Å². The monoisotopic (exact) mass is 590 g/mol. The van der Waals surface area contributed by atoms with E-state index >= 15 is 0 Å². The molecule has 0 radical (unpaired) electrons. The van der Waals surface area contributed by atoms with Gasteiger partial charge in [0.2, 0.25) is 5.91 Å². The van der Waals surface area contributed by atoms with Crippen molar-refractivity contribution in [2.24, 2.45) is 0 Å². The smallest absolute Gasteiger partial charge is 0.318 e. The van der Waals surface area contributed by atoms with Crippen LogP contribution in [0, 0.1) is 0 Å². The van der Waals surface area contributed by atoms with Crippen LogP contribution in [0.2, 0.25) is 0 Å². The maximum absolute atomic E-state index is 12.2. The van der Waals surface area contributed by atoms with Crippen molar-refractivity contribution in [3.8, 4) is 11.8 Å². The Bertz CT molecular complexity index is 1440. The Morgan fingerprint density at radius 3 is 2.62 bits per heavy atom. The molecule has 2 saturated heterocycles. The summed E-state index contributed by atoms with van der Waals surface area (Å²) in [5.74, 6) is 2.58. The highest BCUT2D eigenvalue weighted by Crippen LogP contribution is 2.36. The first-order chi connectivity index (χ1) is 20.5. The highest BCUT2D eigenvalue weighted by atomic mass is 32.2. The number of benzene rings is 2. The van der Waals surface area contributed by atoms with E-state index in [1.807, 2.05) is 29.2 Å². The molecule has 1 amide bonds. The normalized spacial score (nSPS) is 18.3. The van der Waals surface area contributed by atoms with Gasteiger partial charge in [0.1, 0.15) is 23.1 Å². The fourth-order valence-electron chi connectivity index (χ4n) is 6.08. The second-order valence-corrected chi connectivity index (χ2v) is 12.7. The molecule has 10 nitrogen and oxygen atoms in total. The van der Waals surface area contributed by atoms with Gasteiger partial charge in [-0.05, 0) is 30.4 Å². The van der Waals surface area contributed by atoms with Gasteiger partial charge in [-0.25, -0.2) is 0 Å². The van der Waals surface area contributed by atoms with Gasteiger partial charge in [-0.1, -0.05) is 42.0 Å². The van der Waals surface area contributed by atoms with Gasteiger partial charge in [-0.3, -0.25) is 9.69 Å². The third-order valence-corrected chi connectivity index (χ3v) is 9.65. The van der Waals surface area contributed by atoms with Gasteiger partial charge in [-0.2, -0.15) is 9.97 Å². The number of phenolic OH excluding ortho intramolecular Hbond substituents is 1. The maximum Gasteiger partial charge on any atom is 0.318 e. The van der Waals surface area contributed by atoms with E-state index in [1.54, 1.807) is 6.07 Å². The molecule has 3 aromatic rings. The second-order valence-electron chi connectivity index (χ2n) is 11.0. The molecule has 0 saturated carbocycles. The second kappa shape index (κ2) is 12.8. The third-order valence-electron chi connectivity index (χ3n) is 8.37. The minimum Gasteiger partial charge on any atom is -0.616 e. The molecule has 0 spiro atoms. The zero-order chi connectivity index (χ0) is 29.1. The van der Waals surface area contributed by atoms with Gasteiger partial charge in [0, 0.05) is 75.1 Å². The van der Waals surface area contributed by atoms with Gasteiger partial charge >= 0.3 is 6.01 Å². The summed E-state index contributed by atoms with van der Waals surface area (Å²) < 4.78 is 17.8. The lowest BCUT2D eigenvalue weighted by Gasteiger charge is -2.38. The average Bonchev–Trinajstić information content (AvgIpc) is 3.02. The van der Waals surface area contributed by atoms with Gasteiger partial charge in [-0.15, -0.1) is 0 Å². The summed E-state index contributed by atoms with van der Waals surface area (Å²) in [6.07, 6.45) is 2.97. The third kappa shape index (κ3) is 6.28. The van der Waals surface area contributed by atoms with Crippen LogP contribution >= 0.6 is 0 Å². The van der Waals surface area contributed by atoms with Crippen LogP contribution in [0.15, 0.2) is 49.1 Å². The van der Waals surface area contributed by atoms with Crippen molar-refractivity contribution >= 4 is 39.4 Å². The van der Waals surface area contributed by atoms with Gasteiger partial charge in [0.15, 0.2) is 0 Å². The molecular formula is C31H38N6O4S. The molecule has 11 heteroatoms. The Balaban J connectivity index is 1.23. The summed E-state index contributed by atoms with van der Waals surface area (Å²) in [4.78, 5) is 30.6. The molecule has 0 bridgehead atoms. The Morgan fingerprint density at radius 2 is 1.83 bits per heavy atom. The number of nitrogens with zero attached hydrogens (tertiary/aromatic N) is 6. The van der Waals surface area contributed by atoms with Crippen molar-refractivity contribution in [1.82, 2.24) is 19.8 Å². The highest BCUT2D eigenvalue weighted by molar-refractivity contribution is 7.91. The van der Waals surface area contributed by atoms with Crippen LogP contribution in [0.4, 0.5) is 11.5 Å². The van der Waals surface area contributed by atoms with Crippen molar-refractivity contribution in [2.45, 2.75) is 19.4 Å². The molecule has 2 fully saturated rings. The highest BCUT2D eigenvalue weighted by Gasteiger charge is 2.29. The van der Waals surface area contributed by atoms with Crippen LogP contribution in [0.3, 0.4) is 0 Å². The SMILES string of the molecule is C=CC(=O)N1CCN(c2nc(OCCCN3CC[S+]([O-])CC3)nc3c2CCN(c2cc(O)cc4ccccc24)C3)CC1. The van der Waals surface area contributed by atoms with Crippen molar-refractivity contribution in [2.75, 3.05) is 80.3 Å². The number of carbonyl (C=O) groups excluding carboxylic acids is 1. The topological polar surface area (TPSA) is 108 Å². The van der Waals surface area contributed by atoms with E-state index in [4.69, 9.17) is 14.7 Å². The number of amides is 1. The van der Waals surface area contributed by atoms with Gasteiger partial charge in [0.25, 0.3) is 0 Å². The number of phenols is 1. The number of ether oxygens (including phenoxy) is 1. The number of anilines is 2. The molecule has 222 valence electrons. The number of carbonyl (C=O) groups is 1. The summed E-state index contributed by atoms with van der Waals surface area (Å²) in [7, 11) is 0. The predicted octanol–water partition coefficient (Wildman–Crippen LogP) is 2.57. The van der Waals surface area contributed by atoms with E-state index in [9.17, 15) is 14.5 Å². The number of rotatable bonds is 8. The van der Waals surface area contributed by atoms with Gasteiger partial charge in [0.05, 0.1) is 18.8 Å². The minimum absolute atomic E-state index is 0.0442. The molecule has 0 unspecified atom stereocenters. The van der Waals surface area contributed by atoms with E-state index in [0.29, 0.717) is 45.3 Å². The largest absolute Gasteiger partial charge is 0.616 e. The number of piperazine rings is 1. The lowest BCUT2D eigenvalue weighted by atomic mass is 10.0. The van der Waals surface area contributed by atoms with E-state index in [1.165, 1.54) is 6.08 Å². The molecule has 6 rings (SSSR count). The average molecular weight is 591 g/mol. The standard InChI is InChI=1S/C31H38N6O4S/c1-2-29(39)35-11-13-36(14-12-35)30-26-8-10-37(28-21-24(38)20-23-6-3-4-7-25(23)28)22-27(26)32-31(33-30)41-17-5-9-34-15-18-42(40)19-16-34/h2-4,6-7,20-21,38H,1,5,8-19,22H2. The van der Waals surface area contributed by atoms with Crippen LogP contribution in [-0.2, 0) is 28.9 Å². The molecule has 1 N–H and O–H groups in total. The predicted molar refractivity (Wildman–Crippen MR) is 166 cm³/mol. The quantitative estimate of drug-likeness (QED) is 0.241.